The van der Waals surface area contributed by atoms with Gasteiger partial charge in [-0.3, -0.25) is 14.6 Å². The van der Waals surface area contributed by atoms with E-state index in [4.69, 9.17) is 0 Å². The minimum Gasteiger partial charge on any atom is -0.343 e. The molecule has 1 fully saturated rings. The van der Waals surface area contributed by atoms with Gasteiger partial charge in [-0.1, -0.05) is 6.07 Å². The summed E-state index contributed by atoms with van der Waals surface area (Å²) < 4.78 is 0. The van der Waals surface area contributed by atoms with Crippen LogP contribution in [0.2, 0.25) is 0 Å². The van der Waals surface area contributed by atoms with Crippen LogP contribution >= 0.6 is 0 Å². The van der Waals surface area contributed by atoms with Crippen LogP contribution in [0.25, 0.3) is 10.9 Å². The van der Waals surface area contributed by atoms with E-state index in [9.17, 15) is 9.59 Å². The van der Waals surface area contributed by atoms with Crippen molar-refractivity contribution in [2.75, 3.05) is 0 Å². The van der Waals surface area contributed by atoms with Gasteiger partial charge in [0.2, 0.25) is 0 Å². The van der Waals surface area contributed by atoms with E-state index in [1.165, 1.54) is 6.33 Å². The quantitative estimate of drug-likeness (QED) is 0.771. The number of H-pyrrole nitrogens is 1. The fourth-order valence-corrected chi connectivity index (χ4v) is 2.86. The number of nitrogens with zero attached hydrogens (tertiary/aromatic N) is 2. The largest absolute Gasteiger partial charge is 0.343 e. The molecule has 2 heterocycles. The topological polar surface area (TPSA) is 87.7 Å². The molecule has 120 valence electrons. The van der Waals surface area contributed by atoms with E-state index in [1.807, 2.05) is 18.2 Å². The first-order valence-electron chi connectivity index (χ1n) is 7.91. The Bertz CT molecular complexity index is 948. The summed E-state index contributed by atoms with van der Waals surface area (Å²) >= 11 is 0. The summed E-state index contributed by atoms with van der Waals surface area (Å²) in [4.78, 5) is 35.4. The van der Waals surface area contributed by atoms with Gasteiger partial charge in [-0.15, -0.1) is 0 Å². The molecule has 24 heavy (non-hydrogen) atoms. The molecular formula is C18H16N4O2. The van der Waals surface area contributed by atoms with Crippen molar-refractivity contribution in [1.29, 1.82) is 0 Å². The number of aromatic nitrogens is 3. The maximum atomic E-state index is 12.6. The maximum Gasteiger partial charge on any atom is 0.258 e. The van der Waals surface area contributed by atoms with Crippen molar-refractivity contribution < 1.29 is 4.79 Å². The molecule has 1 unspecified atom stereocenters. The van der Waals surface area contributed by atoms with Crippen molar-refractivity contribution >= 4 is 16.8 Å². The number of carbonyl (C=O) groups excluding carboxylic acids is 1. The van der Waals surface area contributed by atoms with Crippen LogP contribution in [-0.4, -0.2) is 20.9 Å². The number of fused-ring (bicyclic) bond motifs is 1. The first-order chi connectivity index (χ1) is 11.7. The Morgan fingerprint density at radius 3 is 2.83 bits per heavy atom. The number of carbonyl (C=O) groups is 1. The third-order valence-electron chi connectivity index (χ3n) is 4.29. The fraction of sp³-hybridized carbons (Fsp3) is 0.222. The number of benzene rings is 1. The van der Waals surface area contributed by atoms with Crippen LogP contribution in [0.3, 0.4) is 0 Å². The van der Waals surface area contributed by atoms with Crippen LogP contribution < -0.4 is 10.9 Å². The molecule has 0 bridgehead atoms. The minimum absolute atomic E-state index is 0.0819. The van der Waals surface area contributed by atoms with Gasteiger partial charge in [0.05, 0.1) is 29.0 Å². The summed E-state index contributed by atoms with van der Waals surface area (Å²) in [5.74, 6) is 0.256. The maximum absolute atomic E-state index is 12.6. The van der Waals surface area contributed by atoms with E-state index in [0.29, 0.717) is 22.4 Å². The highest BCUT2D eigenvalue weighted by Crippen LogP contribution is 2.40. The highest BCUT2D eigenvalue weighted by atomic mass is 16.1. The summed E-state index contributed by atoms with van der Waals surface area (Å²) in [6.07, 6.45) is 5.27. The van der Waals surface area contributed by atoms with Crippen LogP contribution in [0.4, 0.5) is 0 Å². The number of amides is 1. The van der Waals surface area contributed by atoms with Crippen molar-refractivity contribution in [2.45, 2.75) is 18.9 Å². The van der Waals surface area contributed by atoms with Crippen molar-refractivity contribution in [3.05, 3.63) is 70.5 Å². The van der Waals surface area contributed by atoms with Gasteiger partial charge < -0.3 is 10.3 Å². The van der Waals surface area contributed by atoms with Crippen LogP contribution in [-0.2, 0) is 0 Å². The molecule has 1 saturated carbocycles. The number of hydrogen-bond donors (Lipinski definition) is 2. The highest BCUT2D eigenvalue weighted by Gasteiger charge is 2.34. The average Bonchev–Trinajstić information content (AvgIpc) is 3.45. The normalized spacial score (nSPS) is 15.2. The van der Waals surface area contributed by atoms with E-state index < -0.39 is 0 Å². The summed E-state index contributed by atoms with van der Waals surface area (Å²) in [5.41, 5.74) is 1.66. The molecular weight excluding hydrogens is 304 g/mol. The smallest absolute Gasteiger partial charge is 0.258 e. The molecule has 1 amide bonds. The highest BCUT2D eigenvalue weighted by molar-refractivity contribution is 5.97. The lowest BCUT2D eigenvalue weighted by Crippen LogP contribution is -2.30. The van der Waals surface area contributed by atoms with Gasteiger partial charge in [-0.05, 0) is 49.1 Å². The fourth-order valence-electron chi connectivity index (χ4n) is 2.86. The molecule has 0 aliphatic heterocycles. The third-order valence-corrected chi connectivity index (χ3v) is 4.29. The van der Waals surface area contributed by atoms with E-state index in [-0.39, 0.29) is 17.5 Å². The third kappa shape index (κ3) is 2.78. The second-order valence-electron chi connectivity index (χ2n) is 6.01. The number of hydrogen-bond acceptors (Lipinski definition) is 4. The van der Waals surface area contributed by atoms with Crippen molar-refractivity contribution in [3.8, 4) is 0 Å². The standard InChI is InChI=1S/C18H16N4O2/c23-17(12-6-7-13-15(9-12)20-10-21-18(13)24)22-16(11-4-5-11)14-3-1-2-8-19-14/h1-3,6-11,16H,4-5H2,(H,22,23)(H,20,21,24). The van der Waals surface area contributed by atoms with Crippen LogP contribution in [0, 0.1) is 5.92 Å². The minimum atomic E-state index is -0.212. The van der Waals surface area contributed by atoms with E-state index in [1.54, 1.807) is 24.4 Å². The van der Waals surface area contributed by atoms with Gasteiger partial charge in [0.1, 0.15) is 0 Å². The molecule has 6 nitrogen and oxygen atoms in total. The Morgan fingerprint density at radius 1 is 1.21 bits per heavy atom. The number of aromatic amines is 1. The number of pyridine rings is 1. The zero-order valence-electron chi connectivity index (χ0n) is 12.9. The molecule has 0 radical (unpaired) electrons. The molecule has 1 aliphatic carbocycles. The van der Waals surface area contributed by atoms with Gasteiger partial charge >= 0.3 is 0 Å². The van der Waals surface area contributed by atoms with E-state index in [2.05, 4.69) is 20.3 Å². The Hall–Kier alpha value is -3.02. The second-order valence-corrected chi connectivity index (χ2v) is 6.01. The number of rotatable bonds is 4. The molecule has 1 aliphatic rings. The van der Waals surface area contributed by atoms with Crippen LogP contribution in [0.5, 0.6) is 0 Å². The summed E-state index contributed by atoms with van der Waals surface area (Å²) in [5, 5.41) is 3.55. The predicted molar refractivity (Wildman–Crippen MR) is 89.5 cm³/mol. The molecule has 2 N–H and O–H groups in total. The van der Waals surface area contributed by atoms with Gasteiger partial charge in [0.15, 0.2) is 0 Å². The summed E-state index contributed by atoms with van der Waals surface area (Å²) in [7, 11) is 0. The zero-order chi connectivity index (χ0) is 16.5. The van der Waals surface area contributed by atoms with Crippen LogP contribution in [0.1, 0.15) is 34.9 Å². The summed E-state index contributed by atoms with van der Waals surface area (Å²) in [6, 6.07) is 10.6. The monoisotopic (exact) mass is 320 g/mol. The molecule has 2 aromatic heterocycles. The van der Waals surface area contributed by atoms with Gasteiger partial charge in [0, 0.05) is 11.8 Å². The van der Waals surface area contributed by atoms with Crippen molar-refractivity contribution in [1.82, 2.24) is 20.3 Å². The average molecular weight is 320 g/mol. The Morgan fingerprint density at radius 2 is 2.08 bits per heavy atom. The van der Waals surface area contributed by atoms with Crippen molar-refractivity contribution in [2.24, 2.45) is 5.92 Å². The summed E-state index contributed by atoms with van der Waals surface area (Å²) in [6.45, 7) is 0. The molecule has 4 rings (SSSR count). The Labute approximate surface area is 138 Å². The molecule has 1 aromatic carbocycles. The zero-order valence-corrected chi connectivity index (χ0v) is 12.9. The predicted octanol–water partition coefficient (Wildman–Crippen LogP) is 2.20. The van der Waals surface area contributed by atoms with Gasteiger partial charge in [-0.2, -0.15) is 0 Å². The lowest BCUT2D eigenvalue weighted by atomic mass is 10.1. The van der Waals surface area contributed by atoms with Crippen molar-refractivity contribution in [3.63, 3.8) is 0 Å². The molecule has 1 atom stereocenters. The molecule has 3 aromatic rings. The lowest BCUT2D eigenvalue weighted by molar-refractivity contribution is 0.0931. The van der Waals surface area contributed by atoms with Crippen LogP contribution in [0.15, 0.2) is 53.7 Å². The molecule has 0 spiro atoms. The Kier molecular flexibility index (Phi) is 3.57. The molecule has 6 heteroatoms. The van der Waals surface area contributed by atoms with Gasteiger partial charge in [-0.25, -0.2) is 4.98 Å². The number of nitrogens with one attached hydrogen (secondary N) is 2. The Balaban J connectivity index is 1.62. The lowest BCUT2D eigenvalue weighted by Gasteiger charge is -2.17. The first-order valence-corrected chi connectivity index (χ1v) is 7.91. The van der Waals surface area contributed by atoms with Gasteiger partial charge in [0.25, 0.3) is 11.5 Å². The molecule has 0 saturated heterocycles. The van der Waals surface area contributed by atoms with E-state index in [0.717, 1.165) is 18.5 Å². The van der Waals surface area contributed by atoms with E-state index >= 15 is 0 Å². The first kappa shape index (κ1) is 14.6. The SMILES string of the molecule is O=C(NC(c1ccccn1)C1CC1)c1ccc2c(=O)[nH]cnc2c1. The second kappa shape index (κ2) is 5.88.